The van der Waals surface area contributed by atoms with Crippen molar-refractivity contribution in [2.75, 3.05) is 12.4 Å². The molecule has 0 saturated heterocycles. The number of carboxylic acids is 1. The number of methoxy groups -OCH3 is 1. The maximum absolute atomic E-state index is 11.1. The first kappa shape index (κ1) is 13.0. The van der Waals surface area contributed by atoms with Gasteiger partial charge in [0, 0.05) is 17.8 Å². The van der Waals surface area contributed by atoms with E-state index in [0.29, 0.717) is 12.2 Å². The summed E-state index contributed by atoms with van der Waals surface area (Å²) < 4.78 is 5.26. The van der Waals surface area contributed by atoms with Gasteiger partial charge in [-0.1, -0.05) is 30.3 Å². The molecule has 0 bridgehead atoms. The molecule has 2 aromatic rings. The summed E-state index contributed by atoms with van der Waals surface area (Å²) in [5, 5.41) is 12.2. The van der Waals surface area contributed by atoms with E-state index in [0.717, 1.165) is 11.3 Å². The minimum atomic E-state index is -0.942. The second-order valence-electron chi connectivity index (χ2n) is 4.02. The van der Waals surface area contributed by atoms with Gasteiger partial charge in [-0.25, -0.2) is 4.79 Å². The standard InChI is InChI=1S/C15H15NO3/c1-19-14-9-5-2-6-11(14)10-16-13-8-4-3-7-12(13)15(17)18/h2-9,16H,10H2,1H3,(H,17,18). The Kier molecular flexibility index (Phi) is 4.03. The maximum atomic E-state index is 11.1. The largest absolute Gasteiger partial charge is 0.496 e. The molecular weight excluding hydrogens is 242 g/mol. The number of rotatable bonds is 5. The quantitative estimate of drug-likeness (QED) is 0.864. The van der Waals surface area contributed by atoms with Crippen LogP contribution in [0.1, 0.15) is 15.9 Å². The van der Waals surface area contributed by atoms with E-state index in [1.807, 2.05) is 24.3 Å². The molecular formula is C15H15NO3. The van der Waals surface area contributed by atoms with Crippen LogP contribution in [0.2, 0.25) is 0 Å². The third kappa shape index (κ3) is 3.04. The first-order valence-electron chi connectivity index (χ1n) is 5.90. The fourth-order valence-corrected chi connectivity index (χ4v) is 1.86. The molecule has 0 aliphatic rings. The number of hydrogen-bond donors (Lipinski definition) is 2. The fourth-order valence-electron chi connectivity index (χ4n) is 1.86. The zero-order valence-corrected chi connectivity index (χ0v) is 10.6. The minimum absolute atomic E-state index is 0.261. The molecule has 2 rings (SSSR count). The van der Waals surface area contributed by atoms with Crippen molar-refractivity contribution in [3.05, 3.63) is 59.7 Å². The number of nitrogens with one attached hydrogen (secondary N) is 1. The molecule has 4 heteroatoms. The number of hydrogen-bond acceptors (Lipinski definition) is 3. The highest BCUT2D eigenvalue weighted by molar-refractivity contribution is 5.94. The molecule has 0 fully saturated rings. The number of anilines is 1. The molecule has 2 N–H and O–H groups in total. The van der Waals surface area contributed by atoms with Crippen LogP contribution in [0.15, 0.2) is 48.5 Å². The molecule has 0 heterocycles. The van der Waals surface area contributed by atoms with E-state index in [9.17, 15) is 4.79 Å². The summed E-state index contributed by atoms with van der Waals surface area (Å²) in [6, 6.07) is 14.5. The molecule has 0 aliphatic carbocycles. The average molecular weight is 257 g/mol. The van der Waals surface area contributed by atoms with Gasteiger partial charge in [-0.2, -0.15) is 0 Å². The molecule has 19 heavy (non-hydrogen) atoms. The van der Waals surface area contributed by atoms with Crippen LogP contribution in [-0.2, 0) is 6.54 Å². The minimum Gasteiger partial charge on any atom is -0.496 e. The van der Waals surface area contributed by atoms with Crippen LogP contribution >= 0.6 is 0 Å². The van der Waals surface area contributed by atoms with Crippen molar-refractivity contribution in [1.82, 2.24) is 0 Å². The van der Waals surface area contributed by atoms with Gasteiger partial charge in [0.05, 0.1) is 12.7 Å². The SMILES string of the molecule is COc1ccccc1CNc1ccccc1C(=O)O. The molecule has 0 radical (unpaired) electrons. The van der Waals surface area contributed by atoms with E-state index in [1.165, 1.54) is 0 Å². The van der Waals surface area contributed by atoms with Gasteiger partial charge in [0.15, 0.2) is 0 Å². The van der Waals surface area contributed by atoms with Crippen LogP contribution in [0, 0.1) is 0 Å². The molecule has 0 aromatic heterocycles. The lowest BCUT2D eigenvalue weighted by molar-refractivity contribution is 0.0698. The predicted molar refractivity (Wildman–Crippen MR) is 73.7 cm³/mol. The summed E-state index contributed by atoms with van der Waals surface area (Å²) in [4.78, 5) is 11.1. The topological polar surface area (TPSA) is 58.6 Å². The Morgan fingerprint density at radius 1 is 1.16 bits per heavy atom. The van der Waals surface area contributed by atoms with Gasteiger partial charge in [-0.15, -0.1) is 0 Å². The zero-order chi connectivity index (χ0) is 13.7. The summed E-state index contributed by atoms with van der Waals surface area (Å²) >= 11 is 0. The Balaban J connectivity index is 2.17. The Hall–Kier alpha value is -2.49. The average Bonchev–Trinajstić information content (AvgIpc) is 2.45. The summed E-state index contributed by atoms with van der Waals surface area (Å²) in [5.41, 5.74) is 1.84. The zero-order valence-electron chi connectivity index (χ0n) is 10.6. The van der Waals surface area contributed by atoms with Gasteiger partial charge >= 0.3 is 5.97 Å². The summed E-state index contributed by atoms with van der Waals surface area (Å²) in [7, 11) is 1.62. The lowest BCUT2D eigenvalue weighted by atomic mass is 10.1. The van der Waals surface area contributed by atoms with Crippen LogP contribution in [0.5, 0.6) is 5.75 Å². The summed E-state index contributed by atoms with van der Waals surface area (Å²) in [6.45, 7) is 0.508. The van der Waals surface area contributed by atoms with E-state index in [2.05, 4.69) is 5.32 Å². The Morgan fingerprint density at radius 2 is 1.84 bits per heavy atom. The summed E-state index contributed by atoms with van der Waals surface area (Å²) in [6.07, 6.45) is 0. The van der Waals surface area contributed by atoms with Crippen LogP contribution in [0.25, 0.3) is 0 Å². The first-order chi connectivity index (χ1) is 9.22. The Bertz CT molecular complexity index is 581. The van der Waals surface area contributed by atoms with Crippen molar-refractivity contribution >= 4 is 11.7 Å². The highest BCUT2D eigenvalue weighted by atomic mass is 16.5. The fraction of sp³-hybridized carbons (Fsp3) is 0.133. The van der Waals surface area contributed by atoms with Gasteiger partial charge < -0.3 is 15.2 Å². The molecule has 0 atom stereocenters. The highest BCUT2D eigenvalue weighted by Gasteiger charge is 2.09. The predicted octanol–water partition coefficient (Wildman–Crippen LogP) is 3.01. The van der Waals surface area contributed by atoms with E-state index < -0.39 is 5.97 Å². The van der Waals surface area contributed by atoms with Crippen LogP contribution in [0.3, 0.4) is 0 Å². The molecule has 98 valence electrons. The second-order valence-corrected chi connectivity index (χ2v) is 4.02. The smallest absolute Gasteiger partial charge is 0.337 e. The lowest BCUT2D eigenvalue weighted by Crippen LogP contribution is -2.06. The molecule has 0 unspecified atom stereocenters. The number of aromatic carboxylic acids is 1. The monoisotopic (exact) mass is 257 g/mol. The van der Waals surface area contributed by atoms with Crippen LogP contribution in [-0.4, -0.2) is 18.2 Å². The molecule has 0 spiro atoms. The molecule has 4 nitrogen and oxygen atoms in total. The van der Waals surface area contributed by atoms with Gasteiger partial charge in [0.1, 0.15) is 5.75 Å². The van der Waals surface area contributed by atoms with Gasteiger partial charge in [0.2, 0.25) is 0 Å². The molecule has 2 aromatic carbocycles. The van der Waals surface area contributed by atoms with E-state index >= 15 is 0 Å². The molecule has 0 aliphatic heterocycles. The maximum Gasteiger partial charge on any atom is 0.337 e. The van der Waals surface area contributed by atoms with E-state index in [1.54, 1.807) is 31.4 Å². The summed E-state index contributed by atoms with van der Waals surface area (Å²) in [5.74, 6) is -0.161. The Morgan fingerprint density at radius 3 is 2.58 bits per heavy atom. The normalized spacial score (nSPS) is 9.95. The second kappa shape index (κ2) is 5.91. The van der Waals surface area contributed by atoms with Crippen molar-refractivity contribution in [3.8, 4) is 5.75 Å². The lowest BCUT2D eigenvalue weighted by Gasteiger charge is -2.12. The molecule has 0 amide bonds. The van der Waals surface area contributed by atoms with E-state index in [4.69, 9.17) is 9.84 Å². The first-order valence-corrected chi connectivity index (χ1v) is 5.90. The number of carbonyl (C=O) groups is 1. The van der Waals surface area contributed by atoms with Crippen LogP contribution in [0.4, 0.5) is 5.69 Å². The third-order valence-electron chi connectivity index (χ3n) is 2.82. The van der Waals surface area contributed by atoms with Crippen molar-refractivity contribution < 1.29 is 14.6 Å². The van der Waals surface area contributed by atoms with Crippen molar-refractivity contribution in [1.29, 1.82) is 0 Å². The van der Waals surface area contributed by atoms with Gasteiger partial charge in [-0.3, -0.25) is 0 Å². The third-order valence-corrected chi connectivity index (χ3v) is 2.82. The van der Waals surface area contributed by atoms with Crippen LogP contribution < -0.4 is 10.1 Å². The van der Waals surface area contributed by atoms with Gasteiger partial charge in [-0.05, 0) is 18.2 Å². The number of carboxylic acid groups (broad SMARTS) is 1. The van der Waals surface area contributed by atoms with E-state index in [-0.39, 0.29) is 5.56 Å². The highest BCUT2D eigenvalue weighted by Crippen LogP contribution is 2.20. The number of ether oxygens (including phenoxy) is 1. The molecule has 0 saturated carbocycles. The van der Waals surface area contributed by atoms with Crippen molar-refractivity contribution in [2.45, 2.75) is 6.54 Å². The Labute approximate surface area is 111 Å². The number of para-hydroxylation sites is 2. The number of benzene rings is 2. The van der Waals surface area contributed by atoms with Crippen molar-refractivity contribution in [3.63, 3.8) is 0 Å². The van der Waals surface area contributed by atoms with Gasteiger partial charge in [0.25, 0.3) is 0 Å². The van der Waals surface area contributed by atoms with Crippen molar-refractivity contribution in [2.24, 2.45) is 0 Å².